The van der Waals surface area contributed by atoms with E-state index >= 15 is 0 Å². The average Bonchev–Trinajstić information content (AvgIpc) is 2.61. The molecule has 7 heteroatoms. The van der Waals surface area contributed by atoms with E-state index in [0.717, 1.165) is 11.1 Å². The second kappa shape index (κ2) is 7.21. The molecule has 0 fully saturated rings. The number of carbonyl (C=O) groups excluding carboxylic acids is 2. The van der Waals surface area contributed by atoms with Crippen molar-refractivity contribution in [2.24, 2.45) is 0 Å². The van der Waals surface area contributed by atoms with Crippen LogP contribution < -0.4 is 20.7 Å². The van der Waals surface area contributed by atoms with E-state index < -0.39 is 0 Å². The zero-order chi connectivity index (χ0) is 17.8. The molecule has 2 aromatic rings. The molecule has 2 atom stereocenters. The number of pyridine rings is 1. The number of nitrogens with zero attached hydrogens (tertiary/aromatic N) is 1. The molecule has 0 saturated heterocycles. The van der Waals surface area contributed by atoms with Gasteiger partial charge >= 0.3 is 6.03 Å². The molecule has 0 bridgehead atoms. The minimum atomic E-state index is -0.276. The summed E-state index contributed by atoms with van der Waals surface area (Å²) in [6.07, 6.45) is 3.41. The fraction of sp³-hybridized carbons (Fsp3) is 0.278. The number of nitrogens with one attached hydrogen (secondary N) is 3. The van der Waals surface area contributed by atoms with Crippen molar-refractivity contribution in [2.45, 2.75) is 25.9 Å². The SMILES string of the molecule is C[C@H](NC(=O)N[C@@H](C)c1ccc2c(c1)NC(=O)CO2)c1cccnc1. The highest BCUT2D eigenvalue weighted by atomic mass is 16.5. The molecular weight excluding hydrogens is 320 g/mol. The van der Waals surface area contributed by atoms with Gasteiger partial charge in [-0.1, -0.05) is 12.1 Å². The number of rotatable bonds is 4. The van der Waals surface area contributed by atoms with Gasteiger partial charge in [0.1, 0.15) is 5.75 Å². The normalized spacial score (nSPS) is 15.2. The Labute approximate surface area is 145 Å². The molecule has 0 spiro atoms. The lowest BCUT2D eigenvalue weighted by Gasteiger charge is -2.22. The molecule has 1 aliphatic rings. The molecule has 1 aromatic heterocycles. The van der Waals surface area contributed by atoms with Crippen LogP contribution in [-0.2, 0) is 4.79 Å². The van der Waals surface area contributed by atoms with Crippen LogP contribution in [0.15, 0.2) is 42.7 Å². The topological polar surface area (TPSA) is 92.4 Å². The van der Waals surface area contributed by atoms with Gasteiger partial charge in [0.05, 0.1) is 17.8 Å². The van der Waals surface area contributed by atoms with Crippen LogP contribution >= 0.6 is 0 Å². The van der Waals surface area contributed by atoms with E-state index in [0.29, 0.717) is 11.4 Å². The largest absolute Gasteiger partial charge is 0.482 e. The van der Waals surface area contributed by atoms with Crippen molar-refractivity contribution in [2.75, 3.05) is 11.9 Å². The first-order chi connectivity index (χ1) is 12.0. The number of hydrogen-bond acceptors (Lipinski definition) is 4. The smallest absolute Gasteiger partial charge is 0.315 e. The molecule has 25 heavy (non-hydrogen) atoms. The van der Waals surface area contributed by atoms with Crippen molar-refractivity contribution in [3.63, 3.8) is 0 Å². The molecule has 130 valence electrons. The highest BCUT2D eigenvalue weighted by Crippen LogP contribution is 2.30. The van der Waals surface area contributed by atoms with Gasteiger partial charge in [0, 0.05) is 12.4 Å². The quantitative estimate of drug-likeness (QED) is 0.797. The Balaban J connectivity index is 1.62. The number of urea groups is 1. The summed E-state index contributed by atoms with van der Waals surface area (Å²) < 4.78 is 5.34. The Morgan fingerprint density at radius 3 is 2.68 bits per heavy atom. The third-order valence-corrected chi connectivity index (χ3v) is 4.02. The number of ether oxygens (including phenoxy) is 1. The summed E-state index contributed by atoms with van der Waals surface area (Å²) in [6.45, 7) is 3.80. The van der Waals surface area contributed by atoms with Crippen LogP contribution in [0.4, 0.5) is 10.5 Å². The van der Waals surface area contributed by atoms with E-state index in [4.69, 9.17) is 4.74 Å². The van der Waals surface area contributed by atoms with Crippen molar-refractivity contribution in [3.05, 3.63) is 53.9 Å². The molecule has 7 nitrogen and oxygen atoms in total. The van der Waals surface area contributed by atoms with E-state index in [2.05, 4.69) is 20.9 Å². The predicted octanol–water partition coefficient (Wildman–Crippen LogP) is 2.53. The fourth-order valence-corrected chi connectivity index (χ4v) is 2.60. The molecule has 0 unspecified atom stereocenters. The minimum absolute atomic E-state index is 0.0226. The van der Waals surface area contributed by atoms with E-state index in [-0.39, 0.29) is 30.6 Å². The van der Waals surface area contributed by atoms with E-state index in [1.807, 2.05) is 38.1 Å². The summed E-state index contributed by atoms with van der Waals surface area (Å²) in [6, 6.07) is 8.54. The summed E-state index contributed by atoms with van der Waals surface area (Å²) >= 11 is 0. The summed E-state index contributed by atoms with van der Waals surface area (Å²) in [5, 5.41) is 8.54. The maximum atomic E-state index is 12.2. The summed E-state index contributed by atoms with van der Waals surface area (Å²) in [5.41, 5.74) is 2.42. The van der Waals surface area contributed by atoms with Crippen molar-refractivity contribution < 1.29 is 14.3 Å². The molecule has 0 aliphatic carbocycles. The van der Waals surface area contributed by atoms with Crippen LogP contribution in [0.25, 0.3) is 0 Å². The van der Waals surface area contributed by atoms with Crippen LogP contribution in [0.2, 0.25) is 0 Å². The number of benzene rings is 1. The summed E-state index contributed by atoms with van der Waals surface area (Å²) in [4.78, 5) is 27.7. The first kappa shape index (κ1) is 16.8. The number of anilines is 1. The van der Waals surface area contributed by atoms with Gasteiger partial charge in [0.15, 0.2) is 6.61 Å². The van der Waals surface area contributed by atoms with Gasteiger partial charge in [-0.2, -0.15) is 0 Å². The fourth-order valence-electron chi connectivity index (χ4n) is 2.60. The zero-order valence-electron chi connectivity index (χ0n) is 14.1. The first-order valence-electron chi connectivity index (χ1n) is 8.06. The van der Waals surface area contributed by atoms with Crippen LogP contribution in [0.1, 0.15) is 37.1 Å². The lowest BCUT2D eigenvalue weighted by molar-refractivity contribution is -0.118. The third-order valence-electron chi connectivity index (χ3n) is 4.02. The van der Waals surface area contributed by atoms with Crippen molar-refractivity contribution >= 4 is 17.6 Å². The maximum Gasteiger partial charge on any atom is 0.315 e. The highest BCUT2D eigenvalue weighted by Gasteiger charge is 2.18. The highest BCUT2D eigenvalue weighted by molar-refractivity contribution is 5.95. The van der Waals surface area contributed by atoms with Gasteiger partial charge in [-0.25, -0.2) is 4.79 Å². The molecule has 1 aliphatic heterocycles. The average molecular weight is 340 g/mol. The van der Waals surface area contributed by atoms with Gasteiger partial charge in [0.25, 0.3) is 5.91 Å². The number of amides is 3. The van der Waals surface area contributed by atoms with Gasteiger partial charge in [-0.3, -0.25) is 9.78 Å². The number of carbonyl (C=O) groups is 2. The molecule has 3 rings (SSSR count). The van der Waals surface area contributed by atoms with Crippen LogP contribution in [0.5, 0.6) is 5.75 Å². The number of hydrogen-bond donors (Lipinski definition) is 3. The second-order valence-electron chi connectivity index (χ2n) is 5.94. The van der Waals surface area contributed by atoms with E-state index in [9.17, 15) is 9.59 Å². The van der Waals surface area contributed by atoms with Gasteiger partial charge in [-0.15, -0.1) is 0 Å². The van der Waals surface area contributed by atoms with Crippen molar-refractivity contribution in [1.82, 2.24) is 15.6 Å². The van der Waals surface area contributed by atoms with Crippen molar-refractivity contribution in [3.8, 4) is 5.75 Å². The lowest BCUT2D eigenvalue weighted by atomic mass is 10.1. The Hall–Kier alpha value is -3.09. The van der Waals surface area contributed by atoms with Gasteiger partial charge in [-0.05, 0) is 43.2 Å². The van der Waals surface area contributed by atoms with Gasteiger partial charge in [0.2, 0.25) is 0 Å². The molecule has 3 N–H and O–H groups in total. The monoisotopic (exact) mass is 340 g/mol. The molecule has 3 amide bonds. The lowest BCUT2D eigenvalue weighted by Crippen LogP contribution is -2.38. The minimum Gasteiger partial charge on any atom is -0.482 e. The molecule has 2 heterocycles. The predicted molar refractivity (Wildman–Crippen MR) is 93.3 cm³/mol. The van der Waals surface area contributed by atoms with E-state index in [1.54, 1.807) is 18.5 Å². The number of aromatic nitrogens is 1. The first-order valence-corrected chi connectivity index (χ1v) is 8.06. The van der Waals surface area contributed by atoms with Crippen LogP contribution in [-0.4, -0.2) is 23.5 Å². The van der Waals surface area contributed by atoms with Gasteiger partial charge < -0.3 is 20.7 Å². The van der Waals surface area contributed by atoms with Crippen LogP contribution in [0.3, 0.4) is 0 Å². The standard InChI is InChI=1S/C18H20N4O3/c1-11(13-5-6-16-15(8-13)22-17(23)10-25-16)20-18(24)21-12(2)14-4-3-7-19-9-14/h3-9,11-12H,10H2,1-2H3,(H,22,23)(H2,20,21,24)/t11-,12-/m0/s1. The Morgan fingerprint density at radius 1 is 1.20 bits per heavy atom. The maximum absolute atomic E-state index is 12.2. The van der Waals surface area contributed by atoms with E-state index in [1.165, 1.54) is 0 Å². The summed E-state index contributed by atoms with van der Waals surface area (Å²) in [7, 11) is 0. The molecular formula is C18H20N4O3. The molecule has 1 aromatic carbocycles. The Kier molecular flexibility index (Phi) is 4.83. The Morgan fingerprint density at radius 2 is 1.96 bits per heavy atom. The zero-order valence-corrected chi connectivity index (χ0v) is 14.1. The molecule has 0 saturated carbocycles. The Bertz CT molecular complexity index is 779. The van der Waals surface area contributed by atoms with Crippen LogP contribution in [0, 0.1) is 0 Å². The molecule has 0 radical (unpaired) electrons. The number of fused-ring (bicyclic) bond motifs is 1. The summed E-state index contributed by atoms with van der Waals surface area (Å²) in [5.74, 6) is 0.443. The second-order valence-corrected chi connectivity index (χ2v) is 5.94. The third kappa shape index (κ3) is 4.06. The van der Waals surface area contributed by atoms with Crippen molar-refractivity contribution in [1.29, 1.82) is 0 Å².